The van der Waals surface area contributed by atoms with Crippen molar-refractivity contribution < 1.29 is 20.4 Å². The maximum absolute atomic E-state index is 2.40. The Morgan fingerprint density at radius 1 is 1.00 bits per heavy atom. The zero-order valence-corrected chi connectivity index (χ0v) is 12.0. The Morgan fingerprint density at radius 2 is 1.46 bits per heavy atom. The Labute approximate surface area is 97.5 Å². The standard InChI is InChI=1S/C12H23.Re/c1-4-11(5-2)12-8-6-10(3)7-9-12;/h10,12H,4-9H2,1-3H3;/q-1;. The molecule has 1 heteroatoms. The summed E-state index contributed by atoms with van der Waals surface area (Å²) in [6, 6.07) is 0. The first-order valence-electron chi connectivity index (χ1n) is 5.62. The molecule has 0 spiro atoms. The van der Waals surface area contributed by atoms with E-state index in [9.17, 15) is 0 Å². The Hall–Kier alpha value is 0.662. The van der Waals surface area contributed by atoms with Crippen molar-refractivity contribution in [3.63, 3.8) is 0 Å². The molecule has 0 aliphatic heterocycles. The summed E-state index contributed by atoms with van der Waals surface area (Å²) in [5, 5.41) is 0. The first-order chi connectivity index (χ1) is 5.77. The van der Waals surface area contributed by atoms with E-state index in [0.717, 1.165) is 11.8 Å². The molecule has 1 rings (SSSR count). The fourth-order valence-electron chi connectivity index (χ4n) is 2.50. The second kappa shape index (κ2) is 7.02. The van der Waals surface area contributed by atoms with Crippen molar-refractivity contribution in [2.75, 3.05) is 0 Å². The third kappa shape index (κ3) is 4.13. The van der Waals surface area contributed by atoms with Crippen LogP contribution in [0.15, 0.2) is 0 Å². The smallest absolute Gasteiger partial charge is 0 e. The largest absolute Gasteiger partial charge is 0.311 e. The zero-order chi connectivity index (χ0) is 8.97. The van der Waals surface area contributed by atoms with Crippen LogP contribution in [0.25, 0.3) is 0 Å². The fourth-order valence-corrected chi connectivity index (χ4v) is 2.50. The SMILES string of the molecule is CC[C-](CC)C1CCC(C)CC1.[Re]. The number of hydrogen-bond donors (Lipinski definition) is 0. The van der Waals surface area contributed by atoms with Gasteiger partial charge in [-0.2, -0.15) is 18.8 Å². The van der Waals surface area contributed by atoms with Crippen LogP contribution in [0.1, 0.15) is 59.3 Å². The van der Waals surface area contributed by atoms with Gasteiger partial charge in [0.25, 0.3) is 0 Å². The van der Waals surface area contributed by atoms with Crippen LogP contribution in [0.2, 0.25) is 0 Å². The molecule has 1 aliphatic carbocycles. The van der Waals surface area contributed by atoms with Crippen LogP contribution in [0.4, 0.5) is 0 Å². The van der Waals surface area contributed by atoms with Crippen LogP contribution in [-0.2, 0) is 20.4 Å². The van der Waals surface area contributed by atoms with Gasteiger partial charge in [-0.15, -0.1) is 0 Å². The van der Waals surface area contributed by atoms with Crippen LogP contribution in [0.5, 0.6) is 0 Å². The molecule has 0 aromatic carbocycles. The molecule has 1 radical (unpaired) electrons. The van der Waals surface area contributed by atoms with E-state index >= 15 is 0 Å². The molecule has 0 heterocycles. The minimum Gasteiger partial charge on any atom is -0.311 e. The summed E-state index contributed by atoms with van der Waals surface area (Å²) >= 11 is 0. The summed E-state index contributed by atoms with van der Waals surface area (Å²) in [5.41, 5.74) is 0. The van der Waals surface area contributed by atoms with E-state index in [4.69, 9.17) is 0 Å². The van der Waals surface area contributed by atoms with Crippen LogP contribution in [0.3, 0.4) is 0 Å². The van der Waals surface area contributed by atoms with Gasteiger partial charge in [0.15, 0.2) is 0 Å². The van der Waals surface area contributed by atoms with Crippen LogP contribution < -0.4 is 0 Å². The minimum atomic E-state index is 0. The molecule has 0 saturated heterocycles. The van der Waals surface area contributed by atoms with Gasteiger partial charge in [-0.3, -0.25) is 0 Å². The molecular weight excluding hydrogens is 330 g/mol. The molecular formula is C12H23Re-. The van der Waals surface area contributed by atoms with Crippen molar-refractivity contribution in [1.82, 2.24) is 0 Å². The van der Waals surface area contributed by atoms with Crippen LogP contribution in [-0.4, -0.2) is 0 Å². The summed E-state index contributed by atoms with van der Waals surface area (Å²) < 4.78 is 0. The molecule has 0 amide bonds. The normalized spacial score (nSPS) is 28.6. The summed E-state index contributed by atoms with van der Waals surface area (Å²) in [7, 11) is 0. The minimum absolute atomic E-state index is 0. The predicted octanol–water partition coefficient (Wildman–Crippen LogP) is 4.20. The van der Waals surface area contributed by atoms with Gasteiger partial charge in [0.1, 0.15) is 0 Å². The third-order valence-corrected chi connectivity index (χ3v) is 3.50. The molecule has 0 nitrogen and oxygen atoms in total. The molecule has 13 heavy (non-hydrogen) atoms. The molecule has 1 aliphatic rings. The molecule has 0 aromatic heterocycles. The predicted molar refractivity (Wildman–Crippen MR) is 54.9 cm³/mol. The van der Waals surface area contributed by atoms with Crippen molar-refractivity contribution in [2.24, 2.45) is 11.8 Å². The van der Waals surface area contributed by atoms with Crippen molar-refractivity contribution in [2.45, 2.75) is 59.3 Å². The van der Waals surface area contributed by atoms with E-state index in [2.05, 4.69) is 20.8 Å². The van der Waals surface area contributed by atoms with E-state index in [-0.39, 0.29) is 20.4 Å². The molecule has 0 unspecified atom stereocenters. The van der Waals surface area contributed by atoms with Gasteiger partial charge in [-0.25, -0.2) is 0 Å². The maximum atomic E-state index is 2.40. The quantitative estimate of drug-likeness (QED) is 0.667. The van der Waals surface area contributed by atoms with Crippen molar-refractivity contribution in [3.8, 4) is 0 Å². The Bertz CT molecular complexity index is 110. The van der Waals surface area contributed by atoms with Crippen molar-refractivity contribution in [1.29, 1.82) is 0 Å². The van der Waals surface area contributed by atoms with Crippen LogP contribution >= 0.6 is 0 Å². The van der Waals surface area contributed by atoms with Gasteiger partial charge in [-0.1, -0.05) is 46.5 Å². The van der Waals surface area contributed by atoms with E-state index in [1.54, 1.807) is 0 Å². The summed E-state index contributed by atoms with van der Waals surface area (Å²) in [6.07, 6.45) is 8.50. The first kappa shape index (κ1) is 13.7. The summed E-state index contributed by atoms with van der Waals surface area (Å²) in [6.45, 7) is 7.03. The van der Waals surface area contributed by atoms with Gasteiger partial charge in [-0.05, 0) is 5.92 Å². The Kier molecular flexibility index (Phi) is 7.38. The number of rotatable bonds is 3. The average Bonchev–Trinajstić information content (AvgIpc) is 2.10. The van der Waals surface area contributed by atoms with Crippen molar-refractivity contribution >= 4 is 0 Å². The van der Waals surface area contributed by atoms with E-state index < -0.39 is 0 Å². The second-order valence-electron chi connectivity index (χ2n) is 4.32. The van der Waals surface area contributed by atoms with Crippen molar-refractivity contribution in [3.05, 3.63) is 5.92 Å². The van der Waals surface area contributed by atoms with Gasteiger partial charge in [0, 0.05) is 20.4 Å². The van der Waals surface area contributed by atoms with E-state index in [1.165, 1.54) is 38.5 Å². The first-order valence-corrected chi connectivity index (χ1v) is 5.62. The van der Waals surface area contributed by atoms with Gasteiger partial charge in [0.2, 0.25) is 0 Å². The maximum Gasteiger partial charge on any atom is 0 e. The second-order valence-corrected chi connectivity index (χ2v) is 4.32. The van der Waals surface area contributed by atoms with Crippen LogP contribution in [0, 0.1) is 17.8 Å². The van der Waals surface area contributed by atoms with Gasteiger partial charge >= 0.3 is 0 Å². The zero-order valence-electron chi connectivity index (χ0n) is 9.28. The molecule has 0 bridgehead atoms. The summed E-state index contributed by atoms with van der Waals surface area (Å²) in [4.78, 5) is 0. The monoisotopic (exact) mass is 354 g/mol. The third-order valence-electron chi connectivity index (χ3n) is 3.50. The Morgan fingerprint density at radius 3 is 1.85 bits per heavy atom. The topological polar surface area (TPSA) is 0 Å². The molecule has 79 valence electrons. The molecule has 1 saturated carbocycles. The number of hydrogen-bond acceptors (Lipinski definition) is 0. The summed E-state index contributed by atoms with van der Waals surface area (Å²) in [5.74, 6) is 3.80. The van der Waals surface area contributed by atoms with E-state index in [1.807, 2.05) is 5.92 Å². The van der Waals surface area contributed by atoms with Gasteiger partial charge in [0.05, 0.1) is 0 Å². The molecule has 0 aromatic rings. The van der Waals surface area contributed by atoms with E-state index in [0.29, 0.717) is 0 Å². The molecule has 0 N–H and O–H groups in total. The van der Waals surface area contributed by atoms with Gasteiger partial charge < -0.3 is 5.92 Å². The molecule has 0 atom stereocenters. The Balaban J connectivity index is 0.00000144. The average molecular weight is 354 g/mol. The fraction of sp³-hybridized carbons (Fsp3) is 0.917. The molecule has 1 fully saturated rings.